The SMILES string of the molecule is C[C@]12NC(=S)N[C@H](c3cc(Br)ccc3O1)[C@@H]2C(=O)Nc1ccc(Cl)cc1. The number of nitrogens with one attached hydrogen (secondary N) is 3. The second-order valence-corrected chi connectivity index (χ2v) is 8.20. The van der Waals surface area contributed by atoms with Crippen molar-refractivity contribution in [1.82, 2.24) is 10.6 Å². The number of benzene rings is 2. The van der Waals surface area contributed by atoms with Crippen LogP contribution >= 0.6 is 39.7 Å². The van der Waals surface area contributed by atoms with E-state index in [9.17, 15) is 4.79 Å². The zero-order valence-electron chi connectivity index (χ0n) is 13.7. The van der Waals surface area contributed by atoms with Crippen LogP contribution in [0.1, 0.15) is 18.5 Å². The van der Waals surface area contributed by atoms with Crippen LogP contribution in [0, 0.1) is 5.92 Å². The Morgan fingerprint density at radius 1 is 1.31 bits per heavy atom. The van der Waals surface area contributed by atoms with Crippen LogP contribution in [0.5, 0.6) is 5.75 Å². The Hall–Kier alpha value is -1.83. The van der Waals surface area contributed by atoms with Gasteiger partial charge in [0.15, 0.2) is 10.8 Å². The third-order valence-corrected chi connectivity index (χ3v) is 5.56. The molecule has 8 heteroatoms. The molecule has 0 unspecified atom stereocenters. The van der Waals surface area contributed by atoms with Crippen LogP contribution in [-0.2, 0) is 4.79 Å². The molecule has 3 atom stereocenters. The zero-order chi connectivity index (χ0) is 18.5. The number of hydrogen-bond donors (Lipinski definition) is 3. The number of fused-ring (bicyclic) bond motifs is 4. The normalized spacial score (nSPS) is 26.0. The first-order chi connectivity index (χ1) is 12.4. The van der Waals surface area contributed by atoms with E-state index >= 15 is 0 Å². The Morgan fingerprint density at radius 3 is 2.77 bits per heavy atom. The van der Waals surface area contributed by atoms with Crippen molar-refractivity contribution < 1.29 is 9.53 Å². The highest BCUT2D eigenvalue weighted by Crippen LogP contribution is 2.45. The standard InChI is InChI=1S/C18H15BrClN3O2S/c1-18-14(16(24)21-11-5-3-10(20)4-6-11)15(22-17(26)23-18)12-8-9(19)2-7-13(12)25-18/h2-8,14-15H,1H3,(H,21,24)(H2,22,23,26)/t14-,15-,18+/m1/s1. The van der Waals surface area contributed by atoms with Crippen molar-refractivity contribution in [2.45, 2.75) is 18.7 Å². The molecule has 2 aromatic rings. The second kappa shape index (κ2) is 6.40. The molecule has 0 aliphatic carbocycles. The highest BCUT2D eigenvalue weighted by atomic mass is 79.9. The predicted octanol–water partition coefficient (Wildman–Crippen LogP) is 3.98. The summed E-state index contributed by atoms with van der Waals surface area (Å²) in [6, 6.07) is 12.4. The minimum absolute atomic E-state index is 0.173. The molecule has 4 rings (SSSR count). The van der Waals surface area contributed by atoms with E-state index in [1.165, 1.54) is 0 Å². The summed E-state index contributed by atoms with van der Waals surface area (Å²) in [4.78, 5) is 13.1. The Labute approximate surface area is 169 Å². The molecular weight excluding hydrogens is 438 g/mol. The number of ether oxygens (including phenoxy) is 1. The first-order valence-corrected chi connectivity index (χ1v) is 9.57. The maximum absolute atomic E-state index is 13.1. The molecule has 134 valence electrons. The lowest BCUT2D eigenvalue weighted by atomic mass is 9.80. The molecule has 2 heterocycles. The summed E-state index contributed by atoms with van der Waals surface area (Å²) in [7, 11) is 0. The molecule has 2 bridgehead atoms. The lowest BCUT2D eigenvalue weighted by molar-refractivity contribution is -0.132. The summed E-state index contributed by atoms with van der Waals surface area (Å²) < 4.78 is 7.07. The van der Waals surface area contributed by atoms with Gasteiger partial charge in [0.2, 0.25) is 5.91 Å². The molecule has 1 amide bonds. The number of anilines is 1. The van der Waals surface area contributed by atoms with Crippen molar-refractivity contribution in [2.24, 2.45) is 5.92 Å². The van der Waals surface area contributed by atoms with Gasteiger partial charge < -0.3 is 20.7 Å². The molecule has 2 aliphatic heterocycles. The van der Waals surface area contributed by atoms with E-state index in [1.54, 1.807) is 24.3 Å². The number of carbonyl (C=O) groups excluding carboxylic acids is 1. The lowest BCUT2D eigenvalue weighted by Crippen LogP contribution is -2.70. The molecule has 1 fully saturated rings. The first kappa shape index (κ1) is 17.6. The number of amides is 1. The van der Waals surface area contributed by atoms with Crippen LogP contribution in [0.3, 0.4) is 0 Å². The molecule has 0 aromatic heterocycles. The summed E-state index contributed by atoms with van der Waals surface area (Å²) in [6.45, 7) is 1.84. The fraction of sp³-hybridized carbons (Fsp3) is 0.222. The van der Waals surface area contributed by atoms with Crippen LogP contribution < -0.4 is 20.7 Å². The van der Waals surface area contributed by atoms with Crippen molar-refractivity contribution >= 4 is 56.5 Å². The van der Waals surface area contributed by atoms with Gasteiger partial charge in [-0.1, -0.05) is 27.5 Å². The van der Waals surface area contributed by atoms with Crippen LogP contribution in [-0.4, -0.2) is 16.7 Å². The maximum Gasteiger partial charge on any atom is 0.236 e. The second-order valence-electron chi connectivity index (χ2n) is 6.44. The Balaban J connectivity index is 1.71. The molecule has 0 saturated carbocycles. The largest absolute Gasteiger partial charge is 0.467 e. The van der Waals surface area contributed by atoms with Crippen LogP contribution in [0.15, 0.2) is 46.9 Å². The van der Waals surface area contributed by atoms with E-state index in [1.807, 2.05) is 25.1 Å². The summed E-state index contributed by atoms with van der Waals surface area (Å²) in [5, 5.41) is 10.3. The fourth-order valence-corrected chi connectivity index (χ4v) is 4.30. The first-order valence-electron chi connectivity index (χ1n) is 7.99. The minimum Gasteiger partial charge on any atom is -0.467 e. The van der Waals surface area contributed by atoms with E-state index in [-0.39, 0.29) is 11.9 Å². The highest BCUT2D eigenvalue weighted by Gasteiger charge is 2.54. The third kappa shape index (κ3) is 3.04. The number of hydrogen-bond acceptors (Lipinski definition) is 3. The quantitative estimate of drug-likeness (QED) is 0.602. The number of halogens is 2. The molecule has 3 N–H and O–H groups in total. The molecule has 2 aromatic carbocycles. The van der Waals surface area contributed by atoms with Crippen LogP contribution in [0.4, 0.5) is 5.69 Å². The van der Waals surface area contributed by atoms with Gasteiger partial charge in [-0.25, -0.2) is 0 Å². The van der Waals surface area contributed by atoms with Crippen LogP contribution in [0.25, 0.3) is 0 Å². The number of rotatable bonds is 2. The smallest absolute Gasteiger partial charge is 0.236 e. The van der Waals surface area contributed by atoms with Gasteiger partial charge in [0.05, 0.1) is 6.04 Å². The zero-order valence-corrected chi connectivity index (χ0v) is 16.8. The Morgan fingerprint density at radius 2 is 2.04 bits per heavy atom. The molecular formula is C18H15BrClN3O2S. The highest BCUT2D eigenvalue weighted by molar-refractivity contribution is 9.10. The summed E-state index contributed by atoms with van der Waals surface area (Å²) >= 11 is 14.7. The summed E-state index contributed by atoms with van der Waals surface area (Å²) in [6.07, 6.45) is 0. The van der Waals surface area contributed by atoms with Crippen molar-refractivity contribution in [1.29, 1.82) is 0 Å². The lowest BCUT2D eigenvalue weighted by Gasteiger charge is -2.50. The topological polar surface area (TPSA) is 62.4 Å². The fourth-order valence-electron chi connectivity index (χ4n) is 3.47. The van der Waals surface area contributed by atoms with Gasteiger partial charge in [-0.2, -0.15) is 0 Å². The average molecular weight is 453 g/mol. The van der Waals surface area contributed by atoms with E-state index < -0.39 is 11.6 Å². The monoisotopic (exact) mass is 451 g/mol. The summed E-state index contributed by atoms with van der Waals surface area (Å²) in [5.41, 5.74) is 0.602. The van der Waals surface area contributed by atoms with Crippen LogP contribution in [0.2, 0.25) is 5.02 Å². The van der Waals surface area contributed by atoms with Crippen molar-refractivity contribution in [2.75, 3.05) is 5.32 Å². The van der Waals surface area contributed by atoms with Gasteiger partial charge in [-0.3, -0.25) is 4.79 Å². The van der Waals surface area contributed by atoms with E-state index in [0.717, 1.165) is 15.8 Å². The number of carbonyl (C=O) groups is 1. The Kier molecular flexibility index (Phi) is 4.33. The maximum atomic E-state index is 13.1. The van der Waals surface area contributed by atoms with Gasteiger partial charge in [-0.05, 0) is 61.6 Å². The molecule has 0 radical (unpaired) electrons. The van der Waals surface area contributed by atoms with Crippen molar-refractivity contribution in [3.05, 3.63) is 57.5 Å². The summed E-state index contributed by atoms with van der Waals surface area (Å²) in [5.74, 6) is 0.0124. The van der Waals surface area contributed by atoms with Crippen molar-refractivity contribution in [3.63, 3.8) is 0 Å². The number of thiocarbonyl (C=S) groups is 1. The van der Waals surface area contributed by atoms with Crippen molar-refractivity contribution in [3.8, 4) is 5.75 Å². The van der Waals surface area contributed by atoms with Gasteiger partial charge in [-0.15, -0.1) is 0 Å². The van der Waals surface area contributed by atoms with Gasteiger partial charge >= 0.3 is 0 Å². The van der Waals surface area contributed by atoms with E-state index in [0.29, 0.717) is 15.8 Å². The van der Waals surface area contributed by atoms with E-state index in [4.69, 9.17) is 28.6 Å². The molecule has 2 aliphatic rings. The third-order valence-electron chi connectivity index (χ3n) is 4.60. The van der Waals surface area contributed by atoms with Gasteiger partial charge in [0.25, 0.3) is 0 Å². The molecule has 1 saturated heterocycles. The average Bonchev–Trinajstić information content (AvgIpc) is 2.56. The molecule has 0 spiro atoms. The van der Waals surface area contributed by atoms with E-state index in [2.05, 4.69) is 31.9 Å². The Bertz CT molecular complexity index is 908. The molecule has 5 nitrogen and oxygen atoms in total. The van der Waals surface area contributed by atoms with Gasteiger partial charge in [0, 0.05) is 20.7 Å². The predicted molar refractivity (Wildman–Crippen MR) is 108 cm³/mol. The minimum atomic E-state index is -0.954. The molecule has 26 heavy (non-hydrogen) atoms. The van der Waals surface area contributed by atoms with Gasteiger partial charge in [0.1, 0.15) is 11.7 Å².